The molecule has 48 heavy (non-hydrogen) atoms. The zero-order valence-corrected chi connectivity index (χ0v) is 29.2. The number of aryl methyl sites for hydroxylation is 1. The van der Waals surface area contributed by atoms with Gasteiger partial charge in [-0.15, -0.1) is 0 Å². The first kappa shape index (κ1) is 34.5. The van der Waals surface area contributed by atoms with E-state index in [-0.39, 0.29) is 13.2 Å². The molecular weight excluding hydrogens is 649 g/mol. The summed E-state index contributed by atoms with van der Waals surface area (Å²) < 4.78 is 29.6. The van der Waals surface area contributed by atoms with E-state index < -0.39 is 36.0 Å². The van der Waals surface area contributed by atoms with Gasteiger partial charge in [0.15, 0.2) is 6.23 Å². The predicted molar refractivity (Wildman–Crippen MR) is 188 cm³/mol. The third kappa shape index (κ3) is 7.03. The lowest BCUT2D eigenvalue weighted by Gasteiger charge is -2.50. The molecule has 0 saturated carbocycles. The molecule has 3 aromatic carbocycles. The van der Waals surface area contributed by atoms with Crippen molar-refractivity contribution in [1.29, 1.82) is 0 Å². The number of aromatic amines is 1. The SMILES string of the molecule is Cc1cn([C@H]2CN(C(c3ccccc3)(c3ccccc3)c3ccccc3)C[C@@H](COP(=O)(Cl)N3CCN(C(C)C)CC3)O2)c(=O)[nH]c1=O. The number of nitrogens with one attached hydrogen (secondary N) is 1. The molecule has 0 radical (unpaired) electrons. The lowest BCUT2D eigenvalue weighted by molar-refractivity contribution is -0.148. The Morgan fingerprint density at radius 2 is 1.40 bits per heavy atom. The number of aromatic nitrogens is 2. The smallest absolute Gasteiger partial charge is 0.350 e. The predicted octanol–water partition coefficient (Wildman–Crippen LogP) is 5.43. The van der Waals surface area contributed by atoms with Crippen molar-refractivity contribution in [3.8, 4) is 0 Å². The van der Waals surface area contributed by atoms with Gasteiger partial charge in [-0.05, 0) is 48.7 Å². The van der Waals surface area contributed by atoms with Crippen molar-refractivity contribution in [2.24, 2.45) is 0 Å². The molecule has 0 spiro atoms. The van der Waals surface area contributed by atoms with Crippen LogP contribution in [-0.2, 0) is 19.4 Å². The van der Waals surface area contributed by atoms with Crippen LogP contribution in [0.2, 0.25) is 0 Å². The van der Waals surface area contributed by atoms with Crippen molar-refractivity contribution >= 4 is 18.1 Å². The Morgan fingerprint density at radius 1 is 0.875 bits per heavy atom. The average molecular weight is 692 g/mol. The second kappa shape index (κ2) is 14.6. The fraction of sp³-hybridized carbons (Fsp3) is 0.389. The van der Waals surface area contributed by atoms with Crippen molar-refractivity contribution < 1.29 is 13.8 Å². The number of hydrogen-bond donors (Lipinski definition) is 1. The topological polar surface area (TPSA) is 100 Å². The third-order valence-electron chi connectivity index (χ3n) is 9.43. The van der Waals surface area contributed by atoms with Gasteiger partial charge in [0.25, 0.3) is 5.56 Å². The Kier molecular flexibility index (Phi) is 10.5. The molecule has 1 N–H and O–H groups in total. The Bertz CT molecular complexity index is 1730. The maximum Gasteiger partial charge on any atom is 0.363 e. The van der Waals surface area contributed by atoms with Crippen LogP contribution in [0.1, 0.15) is 42.3 Å². The second-order valence-corrected chi connectivity index (χ2v) is 15.7. The van der Waals surface area contributed by atoms with Gasteiger partial charge < -0.3 is 9.26 Å². The summed E-state index contributed by atoms with van der Waals surface area (Å²) in [5.74, 6) is 0. The molecule has 6 rings (SSSR count). The monoisotopic (exact) mass is 691 g/mol. The normalized spacial score (nSPS) is 21.3. The number of rotatable bonds is 10. The van der Waals surface area contributed by atoms with Crippen LogP contribution >= 0.6 is 18.1 Å². The molecule has 2 aliphatic rings. The van der Waals surface area contributed by atoms with Crippen LogP contribution < -0.4 is 11.2 Å². The van der Waals surface area contributed by atoms with E-state index in [1.807, 2.05) is 54.6 Å². The van der Waals surface area contributed by atoms with Crippen LogP contribution in [0.5, 0.6) is 0 Å². The molecule has 10 nitrogen and oxygen atoms in total. The summed E-state index contributed by atoms with van der Waals surface area (Å²) in [4.78, 5) is 32.6. The number of halogens is 1. The van der Waals surface area contributed by atoms with Crippen LogP contribution in [0.15, 0.2) is 107 Å². The molecule has 12 heteroatoms. The van der Waals surface area contributed by atoms with Gasteiger partial charge in [-0.3, -0.25) is 28.7 Å². The molecule has 2 fully saturated rings. The highest BCUT2D eigenvalue weighted by molar-refractivity contribution is 7.83. The van der Waals surface area contributed by atoms with Gasteiger partial charge >= 0.3 is 12.6 Å². The first-order valence-corrected chi connectivity index (χ1v) is 18.9. The quantitative estimate of drug-likeness (QED) is 0.174. The van der Waals surface area contributed by atoms with Gasteiger partial charge in [-0.1, -0.05) is 91.0 Å². The summed E-state index contributed by atoms with van der Waals surface area (Å²) in [7, 11) is 0. The highest BCUT2D eigenvalue weighted by Crippen LogP contribution is 2.56. The second-order valence-electron chi connectivity index (χ2n) is 12.7. The average Bonchev–Trinajstić information content (AvgIpc) is 3.11. The van der Waals surface area contributed by atoms with Crippen molar-refractivity contribution in [3.05, 3.63) is 140 Å². The highest BCUT2D eigenvalue weighted by Gasteiger charge is 2.47. The molecule has 2 aliphatic heterocycles. The van der Waals surface area contributed by atoms with Crippen LogP contribution in [0, 0.1) is 6.92 Å². The largest absolute Gasteiger partial charge is 0.363 e. The van der Waals surface area contributed by atoms with E-state index in [1.165, 1.54) is 10.8 Å². The zero-order chi connectivity index (χ0) is 33.9. The molecule has 3 heterocycles. The lowest BCUT2D eigenvalue weighted by atomic mass is 9.75. The number of ether oxygens (including phenoxy) is 1. The van der Waals surface area contributed by atoms with Gasteiger partial charge in [-0.2, -0.15) is 0 Å². The van der Waals surface area contributed by atoms with Crippen LogP contribution in [0.25, 0.3) is 0 Å². The number of benzene rings is 3. The molecule has 1 aromatic heterocycles. The molecular formula is C36H43ClN5O5P. The van der Waals surface area contributed by atoms with Gasteiger partial charge in [0, 0.05) is 57.1 Å². The van der Waals surface area contributed by atoms with Crippen LogP contribution in [0.4, 0.5) is 0 Å². The molecule has 0 bridgehead atoms. The molecule has 0 amide bonds. The first-order valence-electron chi connectivity index (χ1n) is 16.4. The third-order valence-corrected chi connectivity index (χ3v) is 11.9. The van der Waals surface area contributed by atoms with E-state index in [1.54, 1.807) is 11.6 Å². The highest BCUT2D eigenvalue weighted by atomic mass is 35.7. The standard InChI is InChI=1S/C36H43ClN5O5P/c1-27(2)39-19-21-41(22-20-39)48(37,45)46-26-32-24-40(25-33(47-32)42-23-28(3)34(43)38-35(42)44)36(29-13-7-4-8-14-29,30-15-9-5-10-16-30)31-17-11-6-12-18-31/h4-18,23,27,32-33H,19-22,24-26H2,1-3H3,(H,38,43,44)/t32-,33+,48?/m0/s1. The Hall–Kier alpha value is -3.34. The van der Waals surface area contributed by atoms with Crippen molar-refractivity contribution in [3.63, 3.8) is 0 Å². The Balaban J connectivity index is 1.42. The van der Waals surface area contributed by atoms with Crippen LogP contribution in [0.3, 0.4) is 0 Å². The van der Waals surface area contributed by atoms with E-state index in [9.17, 15) is 14.2 Å². The lowest BCUT2D eigenvalue weighted by Crippen LogP contribution is -2.58. The van der Waals surface area contributed by atoms with Crippen molar-refractivity contribution in [2.45, 2.75) is 44.7 Å². The fourth-order valence-corrected chi connectivity index (χ4v) is 8.74. The Labute approximate surface area is 286 Å². The first-order chi connectivity index (χ1) is 23.1. The summed E-state index contributed by atoms with van der Waals surface area (Å²) in [5, 5.41) is 0. The molecule has 0 aliphatic carbocycles. The summed E-state index contributed by atoms with van der Waals surface area (Å²) in [6.45, 7) is 5.41. The van der Waals surface area contributed by atoms with E-state index in [2.05, 4.69) is 65.0 Å². The van der Waals surface area contributed by atoms with Crippen LogP contribution in [-0.4, -0.2) is 82.0 Å². The summed E-state index contributed by atoms with van der Waals surface area (Å²) >= 11 is 6.67. The van der Waals surface area contributed by atoms with E-state index in [4.69, 9.17) is 20.5 Å². The summed E-state index contributed by atoms with van der Waals surface area (Å²) in [6.07, 6.45) is 0.0843. The van der Waals surface area contributed by atoms with Gasteiger partial charge in [0.2, 0.25) is 0 Å². The minimum atomic E-state index is -3.68. The van der Waals surface area contributed by atoms with Crippen molar-refractivity contribution in [1.82, 2.24) is 24.0 Å². The minimum absolute atomic E-state index is 0.0658. The maximum absolute atomic E-state index is 13.8. The number of hydrogen-bond acceptors (Lipinski definition) is 7. The summed E-state index contributed by atoms with van der Waals surface area (Å²) in [5.41, 5.74) is 1.62. The van der Waals surface area contributed by atoms with Gasteiger partial charge in [0.05, 0.1) is 18.2 Å². The molecule has 2 saturated heterocycles. The Morgan fingerprint density at radius 3 is 1.90 bits per heavy atom. The van der Waals surface area contributed by atoms with Gasteiger partial charge in [-0.25, -0.2) is 9.46 Å². The summed E-state index contributed by atoms with van der Waals surface area (Å²) in [6, 6.07) is 31.1. The number of morpholine rings is 1. The molecule has 1 unspecified atom stereocenters. The van der Waals surface area contributed by atoms with E-state index in [0.717, 1.165) is 29.8 Å². The molecule has 254 valence electrons. The maximum atomic E-state index is 13.8. The fourth-order valence-electron chi connectivity index (χ4n) is 6.95. The number of piperazine rings is 1. The number of nitrogens with zero attached hydrogens (tertiary/aromatic N) is 4. The minimum Gasteiger partial charge on any atom is -0.350 e. The molecule has 4 aromatic rings. The molecule has 3 atom stereocenters. The van der Waals surface area contributed by atoms with E-state index in [0.29, 0.717) is 31.2 Å². The zero-order valence-electron chi connectivity index (χ0n) is 27.6. The van der Waals surface area contributed by atoms with Crippen molar-refractivity contribution in [2.75, 3.05) is 45.9 Å². The van der Waals surface area contributed by atoms with Gasteiger partial charge in [0.1, 0.15) is 0 Å². The number of H-pyrrole nitrogens is 1. The van der Waals surface area contributed by atoms with E-state index >= 15 is 0 Å².